The Morgan fingerprint density at radius 3 is 2.15 bits per heavy atom. The molecule has 0 aliphatic rings. The topological polar surface area (TPSA) is 115 Å². The molecule has 0 aliphatic carbocycles. The van der Waals surface area contributed by atoms with Gasteiger partial charge in [-0.15, -0.1) is 0 Å². The standard InChI is InChI=1S/C24H31N3O6/c1-24(2,3)33-23(30)25-11-10-21(28)27-20-9-7-6-8-16(20)15-26-22(29)17-12-18(31-4)14-19(13-17)32-5/h6-9,12-14H,10-11,15H2,1-5H3,(H,25,30)(H,26,29)(H,27,28). The highest BCUT2D eigenvalue weighted by atomic mass is 16.6. The predicted molar refractivity (Wildman–Crippen MR) is 125 cm³/mol. The van der Waals surface area contributed by atoms with Crippen LogP contribution in [0.3, 0.4) is 0 Å². The minimum Gasteiger partial charge on any atom is -0.497 e. The number of benzene rings is 2. The number of carbonyl (C=O) groups excluding carboxylic acids is 3. The number of rotatable bonds is 9. The van der Waals surface area contributed by atoms with Gasteiger partial charge in [0.2, 0.25) is 5.91 Å². The molecule has 0 aliphatic heterocycles. The van der Waals surface area contributed by atoms with E-state index in [4.69, 9.17) is 14.2 Å². The van der Waals surface area contributed by atoms with Crippen LogP contribution in [0.25, 0.3) is 0 Å². The van der Waals surface area contributed by atoms with Gasteiger partial charge in [0.25, 0.3) is 5.91 Å². The molecule has 3 N–H and O–H groups in total. The lowest BCUT2D eigenvalue weighted by molar-refractivity contribution is -0.116. The molecule has 0 aromatic heterocycles. The fourth-order valence-electron chi connectivity index (χ4n) is 2.82. The van der Waals surface area contributed by atoms with Crippen LogP contribution in [0.5, 0.6) is 11.5 Å². The maximum absolute atomic E-state index is 12.6. The molecule has 0 heterocycles. The summed E-state index contributed by atoms with van der Waals surface area (Å²) in [6.45, 7) is 5.63. The fraction of sp³-hybridized carbons (Fsp3) is 0.375. The number of ether oxygens (including phenoxy) is 3. The van der Waals surface area contributed by atoms with Crippen molar-refractivity contribution >= 4 is 23.6 Å². The second kappa shape index (κ2) is 11.8. The number of para-hydroxylation sites is 1. The number of carbonyl (C=O) groups is 3. The van der Waals surface area contributed by atoms with Gasteiger partial charge in [-0.1, -0.05) is 18.2 Å². The summed E-state index contributed by atoms with van der Waals surface area (Å²) in [5.74, 6) is 0.427. The van der Waals surface area contributed by atoms with E-state index in [2.05, 4.69) is 16.0 Å². The third kappa shape index (κ3) is 8.72. The monoisotopic (exact) mass is 457 g/mol. The summed E-state index contributed by atoms with van der Waals surface area (Å²) in [7, 11) is 3.02. The van der Waals surface area contributed by atoms with E-state index in [0.29, 0.717) is 22.7 Å². The Labute approximate surface area is 193 Å². The van der Waals surface area contributed by atoms with Crippen molar-refractivity contribution in [3.8, 4) is 11.5 Å². The summed E-state index contributed by atoms with van der Waals surface area (Å²) in [5.41, 5.74) is 1.09. The average molecular weight is 458 g/mol. The van der Waals surface area contributed by atoms with E-state index in [1.54, 1.807) is 57.2 Å². The molecule has 0 bridgehead atoms. The van der Waals surface area contributed by atoms with E-state index in [0.717, 1.165) is 5.56 Å². The summed E-state index contributed by atoms with van der Waals surface area (Å²) >= 11 is 0. The molecule has 178 valence electrons. The van der Waals surface area contributed by atoms with Crippen LogP contribution < -0.4 is 25.4 Å². The lowest BCUT2D eigenvalue weighted by Gasteiger charge is -2.19. The molecular formula is C24H31N3O6. The van der Waals surface area contributed by atoms with Crippen LogP contribution in [0.4, 0.5) is 10.5 Å². The van der Waals surface area contributed by atoms with E-state index in [1.165, 1.54) is 14.2 Å². The minimum absolute atomic E-state index is 0.0730. The highest BCUT2D eigenvalue weighted by molar-refractivity contribution is 5.95. The number of amides is 3. The summed E-state index contributed by atoms with van der Waals surface area (Å²) in [4.78, 5) is 36.6. The zero-order chi connectivity index (χ0) is 24.4. The van der Waals surface area contributed by atoms with Crippen molar-refractivity contribution in [2.75, 3.05) is 26.1 Å². The van der Waals surface area contributed by atoms with Crippen molar-refractivity contribution in [3.05, 3.63) is 53.6 Å². The van der Waals surface area contributed by atoms with Gasteiger partial charge in [0, 0.05) is 36.8 Å². The van der Waals surface area contributed by atoms with Gasteiger partial charge < -0.3 is 30.2 Å². The second-order valence-corrected chi connectivity index (χ2v) is 8.17. The molecule has 0 saturated carbocycles. The maximum atomic E-state index is 12.6. The molecular weight excluding hydrogens is 426 g/mol. The zero-order valence-corrected chi connectivity index (χ0v) is 19.6. The Balaban J connectivity index is 1.93. The van der Waals surface area contributed by atoms with Gasteiger partial charge in [0.1, 0.15) is 17.1 Å². The quantitative estimate of drug-likeness (QED) is 0.531. The molecule has 2 aromatic carbocycles. The SMILES string of the molecule is COc1cc(OC)cc(C(=O)NCc2ccccc2NC(=O)CCNC(=O)OC(C)(C)C)c1. The third-order valence-corrected chi connectivity index (χ3v) is 4.36. The van der Waals surface area contributed by atoms with Crippen LogP contribution >= 0.6 is 0 Å². The number of alkyl carbamates (subject to hydrolysis) is 1. The van der Waals surface area contributed by atoms with Crippen molar-refractivity contribution in [1.82, 2.24) is 10.6 Å². The van der Waals surface area contributed by atoms with Crippen LogP contribution in [0.1, 0.15) is 43.1 Å². The van der Waals surface area contributed by atoms with Crippen LogP contribution in [-0.4, -0.2) is 44.3 Å². The van der Waals surface area contributed by atoms with Crippen molar-refractivity contribution in [3.63, 3.8) is 0 Å². The minimum atomic E-state index is -0.605. The zero-order valence-electron chi connectivity index (χ0n) is 19.6. The Morgan fingerprint density at radius 1 is 0.909 bits per heavy atom. The number of nitrogens with one attached hydrogen (secondary N) is 3. The van der Waals surface area contributed by atoms with E-state index in [1.807, 2.05) is 6.07 Å². The first-order valence-corrected chi connectivity index (χ1v) is 10.5. The van der Waals surface area contributed by atoms with Crippen molar-refractivity contribution in [1.29, 1.82) is 0 Å². The number of methoxy groups -OCH3 is 2. The fourth-order valence-corrected chi connectivity index (χ4v) is 2.82. The van der Waals surface area contributed by atoms with Crippen LogP contribution in [-0.2, 0) is 16.1 Å². The maximum Gasteiger partial charge on any atom is 0.407 e. The van der Waals surface area contributed by atoms with Crippen molar-refractivity contribution in [2.24, 2.45) is 0 Å². The first-order valence-electron chi connectivity index (χ1n) is 10.5. The number of hydrogen-bond donors (Lipinski definition) is 3. The molecule has 9 heteroatoms. The molecule has 9 nitrogen and oxygen atoms in total. The first-order chi connectivity index (χ1) is 15.6. The molecule has 0 saturated heterocycles. The highest BCUT2D eigenvalue weighted by Crippen LogP contribution is 2.23. The number of anilines is 1. The Hall–Kier alpha value is -3.75. The molecule has 0 radical (unpaired) electrons. The van der Waals surface area contributed by atoms with Gasteiger partial charge >= 0.3 is 6.09 Å². The molecule has 0 unspecified atom stereocenters. The average Bonchev–Trinajstić information content (AvgIpc) is 2.76. The summed E-state index contributed by atoms with van der Waals surface area (Å²) < 4.78 is 15.5. The lowest BCUT2D eigenvalue weighted by atomic mass is 10.1. The van der Waals surface area contributed by atoms with Crippen LogP contribution in [0.15, 0.2) is 42.5 Å². The summed E-state index contributed by atoms with van der Waals surface area (Å²) in [6.07, 6.45) is -0.503. The molecule has 0 spiro atoms. The Kier molecular flexibility index (Phi) is 9.08. The van der Waals surface area contributed by atoms with Gasteiger partial charge in [-0.25, -0.2) is 4.79 Å². The van der Waals surface area contributed by atoms with E-state index < -0.39 is 11.7 Å². The summed E-state index contributed by atoms with van der Waals surface area (Å²) in [6, 6.07) is 12.1. The molecule has 2 rings (SSSR count). The van der Waals surface area contributed by atoms with E-state index in [9.17, 15) is 14.4 Å². The molecule has 33 heavy (non-hydrogen) atoms. The van der Waals surface area contributed by atoms with Gasteiger partial charge in [-0.05, 0) is 44.5 Å². The van der Waals surface area contributed by atoms with Gasteiger partial charge in [-0.3, -0.25) is 9.59 Å². The smallest absolute Gasteiger partial charge is 0.407 e. The first kappa shape index (κ1) is 25.5. The van der Waals surface area contributed by atoms with Gasteiger partial charge in [0.15, 0.2) is 0 Å². The van der Waals surface area contributed by atoms with Crippen molar-refractivity contribution < 1.29 is 28.6 Å². The predicted octanol–water partition coefficient (Wildman–Crippen LogP) is 3.49. The Morgan fingerprint density at radius 2 is 1.55 bits per heavy atom. The lowest BCUT2D eigenvalue weighted by Crippen LogP contribution is -2.34. The molecule has 3 amide bonds. The third-order valence-electron chi connectivity index (χ3n) is 4.36. The number of hydrogen-bond acceptors (Lipinski definition) is 6. The largest absolute Gasteiger partial charge is 0.497 e. The molecule has 0 atom stereocenters. The van der Waals surface area contributed by atoms with Gasteiger partial charge in [-0.2, -0.15) is 0 Å². The van der Waals surface area contributed by atoms with Crippen molar-refractivity contribution in [2.45, 2.75) is 39.3 Å². The summed E-state index contributed by atoms with van der Waals surface area (Å²) in [5, 5.41) is 8.19. The van der Waals surface area contributed by atoms with Crippen LogP contribution in [0.2, 0.25) is 0 Å². The van der Waals surface area contributed by atoms with E-state index >= 15 is 0 Å². The highest BCUT2D eigenvalue weighted by Gasteiger charge is 2.16. The van der Waals surface area contributed by atoms with Gasteiger partial charge in [0.05, 0.1) is 14.2 Å². The second-order valence-electron chi connectivity index (χ2n) is 8.17. The van der Waals surface area contributed by atoms with Crippen LogP contribution in [0, 0.1) is 0 Å². The normalized spacial score (nSPS) is 10.7. The van der Waals surface area contributed by atoms with E-state index in [-0.39, 0.29) is 31.3 Å². The molecule has 2 aromatic rings. The molecule has 0 fully saturated rings. The Bertz CT molecular complexity index is 962.